The fourth-order valence-corrected chi connectivity index (χ4v) is 6.26. The lowest BCUT2D eigenvalue weighted by atomic mass is 9.86. The van der Waals surface area contributed by atoms with Gasteiger partial charge >= 0.3 is 6.09 Å². The highest BCUT2D eigenvalue weighted by atomic mass is 16.5. The van der Waals surface area contributed by atoms with Crippen LogP contribution in [-0.4, -0.2) is 69.5 Å². The average molecular weight is 680 g/mol. The van der Waals surface area contributed by atoms with Crippen LogP contribution in [0.3, 0.4) is 0 Å². The number of aromatic nitrogens is 1. The summed E-state index contributed by atoms with van der Waals surface area (Å²) in [6, 6.07) is 26.4. The molecule has 4 atom stereocenters. The molecule has 50 heavy (non-hydrogen) atoms. The molecule has 11 heteroatoms. The van der Waals surface area contributed by atoms with E-state index in [1.54, 1.807) is 33.2 Å². The van der Waals surface area contributed by atoms with Gasteiger partial charge in [-0.15, -0.1) is 0 Å². The number of amides is 3. The Kier molecular flexibility index (Phi) is 11.3. The molecule has 262 valence electrons. The van der Waals surface area contributed by atoms with Crippen LogP contribution in [0, 0.1) is 5.41 Å². The van der Waals surface area contributed by atoms with E-state index < -0.39 is 47.1 Å². The zero-order valence-corrected chi connectivity index (χ0v) is 28.8. The molecule has 0 spiro atoms. The monoisotopic (exact) mass is 679 g/mol. The Labute approximate surface area is 292 Å². The number of pyridine rings is 1. The van der Waals surface area contributed by atoms with Crippen molar-refractivity contribution in [2.75, 3.05) is 13.7 Å². The van der Waals surface area contributed by atoms with Gasteiger partial charge in [0.05, 0.1) is 25.8 Å². The van der Waals surface area contributed by atoms with E-state index in [0.717, 1.165) is 27.8 Å². The molecule has 0 unspecified atom stereocenters. The van der Waals surface area contributed by atoms with Crippen LogP contribution in [0.25, 0.3) is 11.1 Å². The fraction of sp³-hybridized carbons (Fsp3) is 0.333. The predicted octanol–water partition coefficient (Wildman–Crippen LogP) is 4.10. The SMILES string of the molecule is COC(=O)N[C@H](C(=O)NN(Cc1ccc(-c2ccncc2)cc1)C[C@](O)(Cc1ccccc1)C(=O)N[C@H]1c2ccccc2C[C@H]1O)C(C)(C)C. The van der Waals surface area contributed by atoms with Gasteiger partial charge in [-0.25, -0.2) is 9.80 Å². The first-order chi connectivity index (χ1) is 23.9. The maximum atomic E-state index is 14.2. The Morgan fingerprint density at radius 3 is 2.20 bits per heavy atom. The molecule has 1 heterocycles. The number of ether oxygens (including phenoxy) is 1. The third kappa shape index (κ3) is 8.92. The molecule has 5 rings (SSSR count). The molecule has 0 aliphatic heterocycles. The normalized spacial score (nSPS) is 17.3. The van der Waals surface area contributed by atoms with Crippen molar-refractivity contribution < 1.29 is 29.3 Å². The molecule has 1 aromatic heterocycles. The summed E-state index contributed by atoms with van der Waals surface area (Å²) in [5.41, 5.74) is 5.25. The summed E-state index contributed by atoms with van der Waals surface area (Å²) in [6.07, 6.45) is 2.09. The van der Waals surface area contributed by atoms with Gasteiger partial charge in [-0.05, 0) is 50.9 Å². The summed E-state index contributed by atoms with van der Waals surface area (Å²) in [4.78, 5) is 44.5. The Hall–Kier alpha value is -5.10. The molecular weight excluding hydrogens is 634 g/mol. The number of carbonyl (C=O) groups is 3. The van der Waals surface area contributed by atoms with Gasteiger partial charge in [0, 0.05) is 31.8 Å². The van der Waals surface area contributed by atoms with Gasteiger partial charge in [0.1, 0.15) is 6.04 Å². The standard InChI is InChI=1S/C39H45N5O6/c1-38(2,3)34(42-37(48)50-4)35(46)43-44(24-27-14-16-28(17-15-27)29-18-20-40-21-19-29)25-39(49,23-26-10-6-5-7-11-26)36(47)41-33-31-13-9-8-12-30(31)22-32(33)45/h5-21,32-34,45,49H,22-25H2,1-4H3,(H,41,47)(H,42,48)(H,43,46)/t32-,33+,34-,39-/m1/s1. The van der Waals surface area contributed by atoms with Gasteiger partial charge in [0.15, 0.2) is 5.60 Å². The molecular formula is C39H45N5O6. The number of nitrogens with one attached hydrogen (secondary N) is 3. The number of alkyl carbamates (subject to hydrolysis) is 1. The molecule has 0 saturated carbocycles. The molecule has 0 bridgehead atoms. The second kappa shape index (κ2) is 15.6. The lowest BCUT2D eigenvalue weighted by Crippen LogP contribution is -2.62. The van der Waals surface area contributed by atoms with Crippen molar-refractivity contribution >= 4 is 17.9 Å². The van der Waals surface area contributed by atoms with Gasteiger partial charge in [0.2, 0.25) is 0 Å². The summed E-state index contributed by atoms with van der Waals surface area (Å²) >= 11 is 0. The maximum Gasteiger partial charge on any atom is 0.407 e. The number of carbonyl (C=O) groups excluding carboxylic acids is 3. The molecule has 5 N–H and O–H groups in total. The van der Waals surface area contributed by atoms with Crippen LogP contribution in [0.15, 0.2) is 103 Å². The summed E-state index contributed by atoms with van der Waals surface area (Å²) in [7, 11) is 1.22. The minimum atomic E-state index is -2.07. The summed E-state index contributed by atoms with van der Waals surface area (Å²) in [5.74, 6) is -1.26. The number of benzene rings is 3. The zero-order valence-electron chi connectivity index (χ0n) is 28.8. The third-order valence-corrected chi connectivity index (χ3v) is 8.89. The number of hydrogen-bond acceptors (Lipinski definition) is 8. The number of nitrogens with zero attached hydrogens (tertiary/aromatic N) is 2. The van der Waals surface area contributed by atoms with Crippen LogP contribution in [0.4, 0.5) is 4.79 Å². The molecule has 4 aromatic rings. The molecule has 0 saturated heterocycles. The van der Waals surface area contributed by atoms with E-state index in [0.29, 0.717) is 12.0 Å². The Balaban J connectivity index is 1.48. The Morgan fingerprint density at radius 2 is 1.54 bits per heavy atom. The van der Waals surface area contributed by atoms with Gasteiger partial charge in [-0.2, -0.15) is 0 Å². The van der Waals surface area contributed by atoms with Gasteiger partial charge < -0.3 is 25.6 Å². The molecule has 1 aliphatic carbocycles. The van der Waals surface area contributed by atoms with E-state index >= 15 is 0 Å². The number of fused-ring (bicyclic) bond motifs is 1. The van der Waals surface area contributed by atoms with Crippen molar-refractivity contribution in [3.8, 4) is 11.1 Å². The predicted molar refractivity (Wildman–Crippen MR) is 189 cm³/mol. The zero-order chi connectivity index (χ0) is 35.9. The summed E-state index contributed by atoms with van der Waals surface area (Å²) in [5, 5.41) is 30.3. The van der Waals surface area contributed by atoms with Crippen molar-refractivity contribution in [1.82, 2.24) is 26.1 Å². The second-order valence-corrected chi connectivity index (χ2v) is 13.8. The summed E-state index contributed by atoms with van der Waals surface area (Å²) in [6.45, 7) is 5.19. The van der Waals surface area contributed by atoms with Crippen molar-refractivity contribution in [2.24, 2.45) is 5.41 Å². The van der Waals surface area contributed by atoms with Gasteiger partial charge in [0.25, 0.3) is 11.8 Å². The largest absolute Gasteiger partial charge is 0.453 e. The Morgan fingerprint density at radius 1 is 0.900 bits per heavy atom. The minimum absolute atomic E-state index is 0.0827. The first-order valence-electron chi connectivity index (χ1n) is 16.6. The average Bonchev–Trinajstić information content (AvgIpc) is 3.41. The first kappa shape index (κ1) is 36.2. The number of methoxy groups -OCH3 is 1. The van der Waals surface area contributed by atoms with E-state index in [9.17, 15) is 24.6 Å². The number of hydrazine groups is 1. The second-order valence-electron chi connectivity index (χ2n) is 13.8. The molecule has 0 fully saturated rings. The highest BCUT2D eigenvalue weighted by Crippen LogP contribution is 2.32. The highest BCUT2D eigenvalue weighted by Gasteiger charge is 2.43. The van der Waals surface area contributed by atoms with Crippen molar-refractivity contribution in [3.63, 3.8) is 0 Å². The van der Waals surface area contributed by atoms with E-state index in [1.807, 2.05) is 91.0 Å². The van der Waals surface area contributed by atoms with Crippen LogP contribution in [0.2, 0.25) is 0 Å². The van der Waals surface area contributed by atoms with E-state index in [2.05, 4.69) is 21.0 Å². The van der Waals surface area contributed by atoms with Crippen molar-refractivity contribution in [2.45, 2.75) is 63.9 Å². The smallest absolute Gasteiger partial charge is 0.407 e. The minimum Gasteiger partial charge on any atom is -0.453 e. The first-order valence-corrected chi connectivity index (χ1v) is 16.6. The molecule has 0 radical (unpaired) electrons. The molecule has 1 aliphatic rings. The quantitative estimate of drug-likeness (QED) is 0.140. The van der Waals surface area contributed by atoms with Crippen LogP contribution < -0.4 is 16.1 Å². The number of aliphatic hydroxyl groups excluding tert-OH is 1. The lowest BCUT2D eigenvalue weighted by molar-refractivity contribution is -0.147. The fourth-order valence-electron chi connectivity index (χ4n) is 6.26. The van der Waals surface area contributed by atoms with Crippen molar-refractivity contribution in [3.05, 3.63) is 126 Å². The molecule has 3 amide bonds. The highest BCUT2D eigenvalue weighted by molar-refractivity contribution is 5.87. The van der Waals surface area contributed by atoms with Crippen molar-refractivity contribution in [1.29, 1.82) is 0 Å². The molecule has 3 aromatic carbocycles. The number of aliphatic hydroxyl groups is 2. The van der Waals surface area contributed by atoms with Crippen LogP contribution in [0.1, 0.15) is 49.1 Å². The number of rotatable bonds is 12. The van der Waals surface area contributed by atoms with Crippen LogP contribution in [-0.2, 0) is 33.7 Å². The van der Waals surface area contributed by atoms with Crippen LogP contribution >= 0.6 is 0 Å². The van der Waals surface area contributed by atoms with E-state index in [1.165, 1.54) is 12.1 Å². The summed E-state index contributed by atoms with van der Waals surface area (Å²) < 4.78 is 4.79. The van der Waals surface area contributed by atoms with E-state index in [-0.39, 0.29) is 19.5 Å². The lowest BCUT2D eigenvalue weighted by Gasteiger charge is -2.37. The van der Waals surface area contributed by atoms with E-state index in [4.69, 9.17) is 4.74 Å². The topological polar surface area (TPSA) is 153 Å². The number of hydrogen-bond donors (Lipinski definition) is 5. The van der Waals surface area contributed by atoms with Crippen LogP contribution in [0.5, 0.6) is 0 Å². The molecule has 11 nitrogen and oxygen atoms in total. The maximum absolute atomic E-state index is 14.2. The van der Waals surface area contributed by atoms with Gasteiger partial charge in [-0.1, -0.05) is 99.6 Å². The third-order valence-electron chi connectivity index (χ3n) is 8.89. The van der Waals surface area contributed by atoms with Gasteiger partial charge in [-0.3, -0.25) is 20.0 Å². The Bertz CT molecular complexity index is 1760.